The highest BCUT2D eigenvalue weighted by molar-refractivity contribution is 5.79. The van der Waals surface area contributed by atoms with Crippen LogP contribution in [0.15, 0.2) is 24.5 Å². The van der Waals surface area contributed by atoms with Gasteiger partial charge in [-0.3, -0.25) is 0 Å². The van der Waals surface area contributed by atoms with E-state index in [0.717, 1.165) is 18.7 Å². The van der Waals surface area contributed by atoms with Crippen molar-refractivity contribution < 1.29 is 0 Å². The van der Waals surface area contributed by atoms with Crippen molar-refractivity contribution in [3.63, 3.8) is 0 Å². The lowest BCUT2D eigenvalue weighted by Crippen LogP contribution is -2.29. The molecule has 3 nitrogen and oxygen atoms in total. The molecule has 98 valence electrons. The zero-order chi connectivity index (χ0) is 13.2. The molecule has 0 saturated carbocycles. The smallest absolute Gasteiger partial charge is 0.137 e. The van der Waals surface area contributed by atoms with Gasteiger partial charge in [-0.1, -0.05) is 27.7 Å². The van der Waals surface area contributed by atoms with Gasteiger partial charge < -0.3 is 10.3 Å². The number of pyridine rings is 1. The van der Waals surface area contributed by atoms with E-state index in [1.807, 2.05) is 18.5 Å². The van der Waals surface area contributed by atoms with Gasteiger partial charge in [0, 0.05) is 24.3 Å². The highest BCUT2D eigenvalue weighted by Crippen LogP contribution is 2.24. The zero-order valence-corrected chi connectivity index (χ0v) is 11.7. The van der Waals surface area contributed by atoms with Crippen LogP contribution in [0.3, 0.4) is 0 Å². The molecular weight excluding hydrogens is 222 g/mol. The molecule has 0 radical (unpaired) electrons. The molecule has 0 amide bonds. The van der Waals surface area contributed by atoms with Crippen LogP contribution >= 0.6 is 0 Å². The Morgan fingerprint density at radius 3 is 2.89 bits per heavy atom. The molecule has 0 aliphatic rings. The van der Waals surface area contributed by atoms with Crippen LogP contribution < -0.4 is 5.32 Å². The second-order valence-corrected chi connectivity index (χ2v) is 6.11. The average molecular weight is 245 g/mol. The molecule has 2 aromatic heterocycles. The lowest BCUT2D eigenvalue weighted by Gasteiger charge is -2.27. The number of hydrogen-bond acceptors (Lipinski definition) is 2. The first-order valence-electron chi connectivity index (χ1n) is 6.60. The van der Waals surface area contributed by atoms with E-state index in [0.29, 0.717) is 11.3 Å². The van der Waals surface area contributed by atoms with E-state index >= 15 is 0 Å². The highest BCUT2D eigenvalue weighted by Gasteiger charge is 2.19. The molecule has 0 fully saturated rings. The minimum Gasteiger partial charge on any atom is -0.346 e. The summed E-state index contributed by atoms with van der Waals surface area (Å²) in [5, 5.41) is 4.75. The van der Waals surface area contributed by atoms with Gasteiger partial charge in [-0.25, -0.2) is 4.98 Å². The summed E-state index contributed by atoms with van der Waals surface area (Å²) in [6, 6.07) is 4.10. The van der Waals surface area contributed by atoms with Gasteiger partial charge in [0.15, 0.2) is 0 Å². The van der Waals surface area contributed by atoms with Gasteiger partial charge in [-0.2, -0.15) is 0 Å². The molecule has 18 heavy (non-hydrogen) atoms. The maximum atomic E-state index is 4.30. The van der Waals surface area contributed by atoms with Gasteiger partial charge in [0.1, 0.15) is 5.65 Å². The first-order chi connectivity index (χ1) is 8.48. The maximum absolute atomic E-state index is 4.30. The van der Waals surface area contributed by atoms with Crippen LogP contribution in [0.25, 0.3) is 11.0 Å². The second kappa shape index (κ2) is 5.11. The molecule has 2 rings (SSSR count). The summed E-state index contributed by atoms with van der Waals surface area (Å²) in [6.45, 7) is 11.1. The van der Waals surface area contributed by atoms with Crippen molar-refractivity contribution in [2.75, 3.05) is 6.54 Å². The fourth-order valence-corrected chi connectivity index (χ4v) is 1.89. The van der Waals surface area contributed by atoms with Gasteiger partial charge in [-0.05, 0) is 35.6 Å². The molecule has 2 aromatic rings. The van der Waals surface area contributed by atoms with Crippen molar-refractivity contribution in [1.82, 2.24) is 15.3 Å². The molecule has 1 unspecified atom stereocenters. The molecule has 0 aliphatic heterocycles. The summed E-state index contributed by atoms with van der Waals surface area (Å²) in [6.07, 6.45) is 3.87. The van der Waals surface area contributed by atoms with Crippen molar-refractivity contribution >= 4 is 11.0 Å². The van der Waals surface area contributed by atoms with Gasteiger partial charge >= 0.3 is 0 Å². The third-order valence-corrected chi connectivity index (χ3v) is 3.78. The SMILES string of the molecule is CC(CNCc1c[nH]c2ncccc12)C(C)(C)C. The van der Waals surface area contributed by atoms with E-state index in [1.54, 1.807) is 0 Å². The number of rotatable bonds is 4. The van der Waals surface area contributed by atoms with Gasteiger partial charge in [0.2, 0.25) is 0 Å². The predicted octanol–water partition coefficient (Wildman–Crippen LogP) is 3.33. The Labute approximate surface area is 109 Å². The summed E-state index contributed by atoms with van der Waals surface area (Å²) >= 11 is 0. The average Bonchev–Trinajstić information content (AvgIpc) is 2.71. The van der Waals surface area contributed by atoms with Crippen molar-refractivity contribution in [3.05, 3.63) is 30.1 Å². The summed E-state index contributed by atoms with van der Waals surface area (Å²) < 4.78 is 0. The number of fused-ring (bicyclic) bond motifs is 1. The van der Waals surface area contributed by atoms with Crippen LogP contribution in [-0.4, -0.2) is 16.5 Å². The van der Waals surface area contributed by atoms with Gasteiger partial charge in [-0.15, -0.1) is 0 Å². The van der Waals surface area contributed by atoms with Crippen LogP contribution in [0.2, 0.25) is 0 Å². The van der Waals surface area contributed by atoms with E-state index in [9.17, 15) is 0 Å². The highest BCUT2D eigenvalue weighted by atomic mass is 14.9. The second-order valence-electron chi connectivity index (χ2n) is 6.11. The van der Waals surface area contributed by atoms with E-state index in [1.165, 1.54) is 10.9 Å². The fourth-order valence-electron chi connectivity index (χ4n) is 1.89. The third kappa shape index (κ3) is 2.91. The fraction of sp³-hybridized carbons (Fsp3) is 0.533. The first kappa shape index (κ1) is 13.1. The van der Waals surface area contributed by atoms with Gasteiger partial charge in [0.25, 0.3) is 0 Å². The molecule has 0 bridgehead atoms. The molecule has 0 spiro atoms. The van der Waals surface area contributed by atoms with Crippen LogP contribution in [-0.2, 0) is 6.54 Å². The van der Waals surface area contributed by atoms with Crippen LogP contribution in [0.5, 0.6) is 0 Å². The maximum Gasteiger partial charge on any atom is 0.137 e. The number of hydrogen-bond donors (Lipinski definition) is 2. The molecule has 0 saturated heterocycles. The van der Waals surface area contributed by atoms with Crippen molar-refractivity contribution in [1.29, 1.82) is 0 Å². The lowest BCUT2D eigenvalue weighted by atomic mass is 9.82. The monoisotopic (exact) mass is 245 g/mol. The lowest BCUT2D eigenvalue weighted by molar-refractivity contribution is 0.252. The summed E-state index contributed by atoms with van der Waals surface area (Å²) in [4.78, 5) is 7.51. The van der Waals surface area contributed by atoms with Crippen molar-refractivity contribution in [2.45, 2.75) is 34.2 Å². The predicted molar refractivity (Wildman–Crippen MR) is 76.4 cm³/mol. The number of nitrogens with zero attached hydrogens (tertiary/aromatic N) is 1. The van der Waals surface area contributed by atoms with Crippen molar-refractivity contribution in [2.24, 2.45) is 11.3 Å². The minimum absolute atomic E-state index is 0.356. The Bertz CT molecular complexity index is 508. The van der Waals surface area contributed by atoms with Crippen LogP contribution in [0.4, 0.5) is 0 Å². The Morgan fingerprint density at radius 1 is 1.39 bits per heavy atom. The third-order valence-electron chi connectivity index (χ3n) is 3.78. The molecule has 1 atom stereocenters. The van der Waals surface area contributed by atoms with Crippen LogP contribution in [0.1, 0.15) is 33.3 Å². The minimum atomic E-state index is 0.356. The van der Waals surface area contributed by atoms with Crippen LogP contribution in [0, 0.1) is 11.3 Å². The van der Waals surface area contributed by atoms with Crippen molar-refractivity contribution in [3.8, 4) is 0 Å². The largest absolute Gasteiger partial charge is 0.346 e. The molecular formula is C15H23N3. The summed E-state index contributed by atoms with van der Waals surface area (Å²) in [5.41, 5.74) is 2.62. The molecule has 2 N–H and O–H groups in total. The molecule has 0 aromatic carbocycles. The number of aromatic amines is 1. The van der Waals surface area contributed by atoms with E-state index in [2.05, 4.69) is 49.0 Å². The summed E-state index contributed by atoms with van der Waals surface area (Å²) in [7, 11) is 0. The topological polar surface area (TPSA) is 40.7 Å². The number of H-pyrrole nitrogens is 1. The molecule has 2 heterocycles. The number of aromatic nitrogens is 2. The summed E-state index contributed by atoms with van der Waals surface area (Å²) in [5.74, 6) is 0.654. The van der Waals surface area contributed by atoms with E-state index in [-0.39, 0.29) is 0 Å². The Kier molecular flexibility index (Phi) is 3.71. The Balaban J connectivity index is 1.95. The standard InChI is InChI=1S/C15H23N3/c1-11(15(2,3)4)8-16-9-12-10-18-14-13(12)6-5-7-17-14/h5-7,10-11,16H,8-9H2,1-4H3,(H,17,18). The van der Waals surface area contributed by atoms with E-state index < -0.39 is 0 Å². The quantitative estimate of drug-likeness (QED) is 0.867. The Hall–Kier alpha value is -1.35. The number of nitrogens with one attached hydrogen (secondary N) is 2. The Morgan fingerprint density at radius 2 is 2.17 bits per heavy atom. The zero-order valence-electron chi connectivity index (χ0n) is 11.7. The normalized spacial score (nSPS) is 14.0. The van der Waals surface area contributed by atoms with E-state index in [4.69, 9.17) is 0 Å². The van der Waals surface area contributed by atoms with Gasteiger partial charge in [0.05, 0.1) is 0 Å². The first-order valence-corrected chi connectivity index (χ1v) is 6.60. The molecule has 3 heteroatoms. The molecule has 0 aliphatic carbocycles.